The number of para-hydroxylation sites is 1. The Morgan fingerprint density at radius 2 is 1.68 bits per heavy atom. The van der Waals surface area contributed by atoms with Crippen LogP contribution in [0.15, 0.2) is 71.3 Å². The third kappa shape index (κ3) is 4.99. The predicted molar refractivity (Wildman–Crippen MR) is 103 cm³/mol. The summed E-state index contributed by atoms with van der Waals surface area (Å²) in [5, 5.41) is 5.57. The van der Waals surface area contributed by atoms with Gasteiger partial charge in [0.25, 0.3) is 11.8 Å². The van der Waals surface area contributed by atoms with E-state index in [0.29, 0.717) is 16.4 Å². The van der Waals surface area contributed by atoms with Gasteiger partial charge in [0.05, 0.1) is 22.5 Å². The van der Waals surface area contributed by atoms with E-state index < -0.39 is 24.4 Å². The topological polar surface area (TPSA) is 97.6 Å². The summed E-state index contributed by atoms with van der Waals surface area (Å²) in [6.07, 6.45) is 1.40. The van der Waals surface area contributed by atoms with Crippen molar-refractivity contribution in [2.24, 2.45) is 0 Å². The zero-order valence-electron chi connectivity index (χ0n) is 14.5. The van der Waals surface area contributed by atoms with Gasteiger partial charge in [-0.25, -0.2) is 4.79 Å². The molecule has 3 rings (SSSR count). The van der Waals surface area contributed by atoms with E-state index in [9.17, 15) is 14.4 Å². The van der Waals surface area contributed by atoms with Crippen LogP contribution < -0.4 is 10.6 Å². The van der Waals surface area contributed by atoms with E-state index in [1.54, 1.807) is 42.5 Å². The maximum Gasteiger partial charge on any atom is 0.338 e. The molecule has 2 N–H and O–H groups in total. The van der Waals surface area contributed by atoms with Crippen molar-refractivity contribution in [2.45, 2.75) is 0 Å². The van der Waals surface area contributed by atoms with Gasteiger partial charge in [-0.15, -0.1) is 0 Å². The average molecular weight is 399 g/mol. The molecule has 0 radical (unpaired) electrons. The van der Waals surface area contributed by atoms with Crippen molar-refractivity contribution < 1.29 is 23.5 Å². The van der Waals surface area contributed by atoms with Gasteiger partial charge < -0.3 is 19.8 Å². The molecule has 0 saturated heterocycles. The highest BCUT2D eigenvalue weighted by atomic mass is 35.5. The van der Waals surface area contributed by atoms with Crippen LogP contribution in [-0.4, -0.2) is 24.4 Å². The fourth-order valence-electron chi connectivity index (χ4n) is 2.25. The summed E-state index contributed by atoms with van der Waals surface area (Å²) in [7, 11) is 0. The second kappa shape index (κ2) is 8.88. The molecule has 1 heterocycles. The highest BCUT2D eigenvalue weighted by molar-refractivity contribution is 6.33. The van der Waals surface area contributed by atoms with Crippen molar-refractivity contribution >= 4 is 40.8 Å². The standard InChI is InChI=1S/C20H15ClN2O5/c21-15-4-1-2-5-16(15)23-18(24)12-28-20(26)13-7-9-14(10-8-13)22-19(25)17-6-3-11-27-17/h1-11H,12H2,(H,22,25)(H,23,24). The monoisotopic (exact) mass is 398 g/mol. The van der Waals surface area contributed by atoms with E-state index in [4.69, 9.17) is 20.8 Å². The zero-order chi connectivity index (χ0) is 19.9. The number of carbonyl (C=O) groups is 3. The minimum absolute atomic E-state index is 0.174. The average Bonchev–Trinajstić information content (AvgIpc) is 3.23. The molecule has 0 aliphatic carbocycles. The van der Waals surface area contributed by atoms with Crippen LogP contribution in [0.1, 0.15) is 20.9 Å². The summed E-state index contributed by atoms with van der Waals surface area (Å²) in [5.74, 6) is -1.41. The molecule has 28 heavy (non-hydrogen) atoms. The number of halogens is 1. The quantitative estimate of drug-likeness (QED) is 0.612. The maximum atomic E-state index is 12.1. The third-order valence-corrected chi connectivity index (χ3v) is 3.94. The molecule has 3 aromatic rings. The maximum absolute atomic E-state index is 12.1. The SMILES string of the molecule is O=C(COC(=O)c1ccc(NC(=O)c2ccco2)cc1)Nc1ccccc1Cl. The van der Waals surface area contributed by atoms with Crippen LogP contribution in [-0.2, 0) is 9.53 Å². The lowest BCUT2D eigenvalue weighted by atomic mass is 10.2. The van der Waals surface area contributed by atoms with Crippen molar-refractivity contribution in [2.75, 3.05) is 17.2 Å². The molecule has 0 saturated carbocycles. The van der Waals surface area contributed by atoms with E-state index in [-0.39, 0.29) is 11.3 Å². The van der Waals surface area contributed by atoms with Gasteiger partial charge in [-0.1, -0.05) is 23.7 Å². The molecule has 8 heteroatoms. The molecule has 0 unspecified atom stereocenters. The third-order valence-electron chi connectivity index (χ3n) is 3.61. The van der Waals surface area contributed by atoms with Crippen molar-refractivity contribution in [1.82, 2.24) is 0 Å². The Morgan fingerprint density at radius 3 is 2.36 bits per heavy atom. The molecule has 7 nitrogen and oxygen atoms in total. The molecule has 142 valence electrons. The van der Waals surface area contributed by atoms with Crippen LogP contribution in [0.2, 0.25) is 5.02 Å². The van der Waals surface area contributed by atoms with Crippen LogP contribution in [0.5, 0.6) is 0 Å². The second-order valence-corrected chi connectivity index (χ2v) is 6.02. The van der Waals surface area contributed by atoms with Gasteiger partial charge >= 0.3 is 5.97 Å². The summed E-state index contributed by atoms with van der Waals surface area (Å²) >= 11 is 5.95. The molecule has 0 aliphatic heterocycles. The van der Waals surface area contributed by atoms with E-state index in [1.807, 2.05) is 0 Å². The minimum Gasteiger partial charge on any atom is -0.459 e. The van der Waals surface area contributed by atoms with Crippen LogP contribution in [0.4, 0.5) is 11.4 Å². The number of rotatable bonds is 6. The Kier molecular flexibility index (Phi) is 6.08. The number of hydrogen-bond donors (Lipinski definition) is 2. The lowest BCUT2D eigenvalue weighted by Gasteiger charge is -2.08. The summed E-state index contributed by atoms with van der Waals surface area (Å²) in [6, 6.07) is 15.9. The highest BCUT2D eigenvalue weighted by Gasteiger charge is 2.13. The lowest BCUT2D eigenvalue weighted by molar-refractivity contribution is -0.119. The van der Waals surface area contributed by atoms with Crippen LogP contribution in [0.3, 0.4) is 0 Å². The molecule has 2 aromatic carbocycles. The molecule has 1 aromatic heterocycles. The van der Waals surface area contributed by atoms with Crippen molar-refractivity contribution in [3.8, 4) is 0 Å². The number of amides is 2. The number of hydrogen-bond acceptors (Lipinski definition) is 5. The van der Waals surface area contributed by atoms with E-state index in [1.165, 1.54) is 24.5 Å². The van der Waals surface area contributed by atoms with Gasteiger partial charge in [0.15, 0.2) is 12.4 Å². The first-order valence-corrected chi connectivity index (χ1v) is 8.57. The van der Waals surface area contributed by atoms with Crippen molar-refractivity contribution in [1.29, 1.82) is 0 Å². The fraction of sp³-hybridized carbons (Fsp3) is 0.0500. The number of carbonyl (C=O) groups excluding carboxylic acids is 3. The summed E-state index contributed by atoms with van der Waals surface area (Å²) in [4.78, 5) is 35.8. The molecule has 0 aliphatic rings. The van der Waals surface area contributed by atoms with Crippen molar-refractivity contribution in [3.05, 3.63) is 83.3 Å². The Labute approximate surface area is 165 Å². The number of furan rings is 1. The van der Waals surface area contributed by atoms with Crippen LogP contribution in [0, 0.1) is 0 Å². The van der Waals surface area contributed by atoms with E-state index in [0.717, 1.165) is 0 Å². The van der Waals surface area contributed by atoms with E-state index >= 15 is 0 Å². The molecule has 0 fully saturated rings. The molecular weight excluding hydrogens is 384 g/mol. The second-order valence-electron chi connectivity index (χ2n) is 5.61. The van der Waals surface area contributed by atoms with Crippen LogP contribution >= 0.6 is 11.6 Å². The first kappa shape index (κ1) is 19.2. The van der Waals surface area contributed by atoms with Gasteiger partial charge in [0.1, 0.15) is 0 Å². The summed E-state index contributed by atoms with van der Waals surface area (Å²) < 4.78 is 9.99. The number of ether oxygens (including phenoxy) is 1. The minimum atomic E-state index is -0.668. The van der Waals surface area contributed by atoms with E-state index in [2.05, 4.69) is 10.6 Å². The van der Waals surface area contributed by atoms with Gasteiger partial charge in [-0.05, 0) is 48.5 Å². The highest BCUT2D eigenvalue weighted by Crippen LogP contribution is 2.20. The Balaban J connectivity index is 1.51. The van der Waals surface area contributed by atoms with Gasteiger partial charge in [0, 0.05) is 5.69 Å². The fourth-order valence-corrected chi connectivity index (χ4v) is 2.44. The van der Waals surface area contributed by atoms with Crippen molar-refractivity contribution in [3.63, 3.8) is 0 Å². The van der Waals surface area contributed by atoms with Gasteiger partial charge in [-0.2, -0.15) is 0 Å². The first-order valence-electron chi connectivity index (χ1n) is 8.19. The molecule has 0 bridgehead atoms. The summed E-state index contributed by atoms with van der Waals surface area (Å²) in [6.45, 7) is -0.457. The number of benzene rings is 2. The Morgan fingerprint density at radius 1 is 0.929 bits per heavy atom. The first-order chi connectivity index (χ1) is 13.5. The molecule has 0 atom stereocenters. The van der Waals surface area contributed by atoms with Gasteiger partial charge in [-0.3, -0.25) is 9.59 Å². The number of anilines is 2. The molecule has 0 spiro atoms. The molecular formula is C20H15ClN2O5. The normalized spacial score (nSPS) is 10.2. The largest absolute Gasteiger partial charge is 0.459 e. The predicted octanol–water partition coefficient (Wildman–Crippen LogP) is 3.98. The Bertz CT molecular complexity index is 984. The summed E-state index contributed by atoms with van der Waals surface area (Å²) in [5.41, 5.74) is 1.15. The Hall–Kier alpha value is -3.58. The lowest BCUT2D eigenvalue weighted by Crippen LogP contribution is -2.21. The molecule has 2 amide bonds. The smallest absolute Gasteiger partial charge is 0.338 e. The van der Waals surface area contributed by atoms with Crippen LogP contribution in [0.25, 0.3) is 0 Å². The van der Waals surface area contributed by atoms with Gasteiger partial charge in [0.2, 0.25) is 0 Å². The number of esters is 1. The number of nitrogens with one attached hydrogen (secondary N) is 2. The zero-order valence-corrected chi connectivity index (χ0v) is 15.2.